The van der Waals surface area contributed by atoms with Crippen molar-refractivity contribution in [1.29, 1.82) is 5.26 Å². The molecule has 6 heteroatoms. The summed E-state index contributed by atoms with van der Waals surface area (Å²) in [5.41, 5.74) is 0. The van der Waals surface area contributed by atoms with Gasteiger partial charge in [-0.15, -0.1) is 24.8 Å². The van der Waals surface area contributed by atoms with E-state index in [1.807, 2.05) is 6.07 Å². The number of halogens is 3. The van der Waals surface area contributed by atoms with Gasteiger partial charge in [0.25, 0.3) is 0 Å². The van der Waals surface area contributed by atoms with Crippen LogP contribution in [0.3, 0.4) is 0 Å². The number of alkyl halides is 1. The van der Waals surface area contributed by atoms with Crippen molar-refractivity contribution in [3.05, 3.63) is 0 Å². The molecule has 0 N–H and O–H groups in total. The summed E-state index contributed by atoms with van der Waals surface area (Å²) in [6, 6.07) is 1.34. The fourth-order valence-electron chi connectivity index (χ4n) is 1.26. The van der Waals surface area contributed by atoms with Crippen LogP contribution < -0.4 is 0 Å². The lowest BCUT2D eigenvalue weighted by Gasteiger charge is -2.15. The maximum absolute atomic E-state index is 12.6. The molecule has 76 valence electrons. The van der Waals surface area contributed by atoms with Crippen molar-refractivity contribution in [2.75, 3.05) is 6.54 Å². The SMILES string of the molecule is CC(=O)N1CC(F)CC1C#N.Cl.Cl. The van der Waals surface area contributed by atoms with Gasteiger partial charge in [0.05, 0.1) is 12.6 Å². The highest BCUT2D eigenvalue weighted by atomic mass is 35.5. The highest BCUT2D eigenvalue weighted by Gasteiger charge is 2.33. The van der Waals surface area contributed by atoms with Gasteiger partial charge in [0.1, 0.15) is 12.2 Å². The van der Waals surface area contributed by atoms with Crippen LogP contribution >= 0.6 is 24.8 Å². The number of likely N-dealkylation sites (tertiary alicyclic amines) is 1. The Bertz CT molecular complexity index is 219. The monoisotopic (exact) mass is 228 g/mol. The fraction of sp³-hybridized carbons (Fsp3) is 0.714. The summed E-state index contributed by atoms with van der Waals surface area (Å²) < 4.78 is 12.6. The van der Waals surface area contributed by atoms with Crippen molar-refractivity contribution < 1.29 is 9.18 Å². The maximum Gasteiger partial charge on any atom is 0.220 e. The predicted octanol–water partition coefficient (Wildman–Crippen LogP) is 1.31. The third-order valence-electron chi connectivity index (χ3n) is 1.80. The van der Waals surface area contributed by atoms with Crippen molar-refractivity contribution >= 4 is 30.7 Å². The first kappa shape index (κ1) is 15.0. The summed E-state index contributed by atoms with van der Waals surface area (Å²) in [6.07, 6.45) is -0.862. The molecule has 1 aliphatic heterocycles. The van der Waals surface area contributed by atoms with Gasteiger partial charge in [-0.1, -0.05) is 0 Å². The van der Waals surface area contributed by atoms with Crippen molar-refractivity contribution in [2.24, 2.45) is 0 Å². The van der Waals surface area contributed by atoms with Gasteiger partial charge in [0.15, 0.2) is 0 Å². The van der Waals surface area contributed by atoms with Crippen LogP contribution in [-0.2, 0) is 4.79 Å². The Morgan fingerprint density at radius 2 is 2.15 bits per heavy atom. The lowest BCUT2D eigenvalue weighted by Crippen LogP contribution is -2.32. The molecule has 0 saturated carbocycles. The Morgan fingerprint density at radius 3 is 2.46 bits per heavy atom. The Kier molecular flexibility index (Phi) is 6.91. The van der Waals surface area contributed by atoms with Crippen molar-refractivity contribution in [2.45, 2.75) is 25.6 Å². The summed E-state index contributed by atoms with van der Waals surface area (Å²) in [7, 11) is 0. The second-order valence-corrected chi connectivity index (χ2v) is 2.65. The predicted molar refractivity (Wildman–Crippen MR) is 50.8 cm³/mol. The summed E-state index contributed by atoms with van der Waals surface area (Å²) in [4.78, 5) is 12.0. The van der Waals surface area contributed by atoms with Crippen LogP contribution in [0.25, 0.3) is 0 Å². The van der Waals surface area contributed by atoms with E-state index in [1.165, 1.54) is 11.8 Å². The van der Waals surface area contributed by atoms with Crippen LogP contribution in [0.5, 0.6) is 0 Å². The third-order valence-corrected chi connectivity index (χ3v) is 1.80. The van der Waals surface area contributed by atoms with E-state index < -0.39 is 12.2 Å². The molecule has 0 bridgehead atoms. The summed E-state index contributed by atoms with van der Waals surface area (Å²) in [5, 5.41) is 8.49. The number of nitriles is 1. The van der Waals surface area contributed by atoms with Crippen LogP contribution in [-0.4, -0.2) is 29.6 Å². The molecule has 1 fully saturated rings. The molecule has 2 atom stereocenters. The molecule has 1 heterocycles. The van der Waals surface area contributed by atoms with E-state index in [4.69, 9.17) is 5.26 Å². The standard InChI is InChI=1S/C7H9FN2O.2ClH/c1-5(11)10-4-6(8)2-7(10)3-9;;/h6-7H,2,4H2,1H3;2*1H. The van der Waals surface area contributed by atoms with Gasteiger partial charge in [-0.3, -0.25) is 4.79 Å². The number of hydrogen-bond acceptors (Lipinski definition) is 2. The molecular formula is C7H11Cl2FN2O. The molecule has 1 saturated heterocycles. The summed E-state index contributed by atoms with van der Waals surface area (Å²) in [5.74, 6) is -0.225. The van der Waals surface area contributed by atoms with Gasteiger partial charge in [-0.2, -0.15) is 5.26 Å². The van der Waals surface area contributed by atoms with Gasteiger partial charge >= 0.3 is 0 Å². The van der Waals surface area contributed by atoms with Crippen molar-refractivity contribution in [3.63, 3.8) is 0 Å². The largest absolute Gasteiger partial charge is 0.324 e. The zero-order chi connectivity index (χ0) is 8.43. The molecule has 1 aliphatic rings. The Morgan fingerprint density at radius 1 is 1.62 bits per heavy atom. The van der Waals surface area contributed by atoms with Crippen LogP contribution in [0.1, 0.15) is 13.3 Å². The lowest BCUT2D eigenvalue weighted by atomic mass is 10.2. The quantitative estimate of drug-likeness (QED) is 0.628. The van der Waals surface area contributed by atoms with Crippen LogP contribution in [0.4, 0.5) is 4.39 Å². The second kappa shape index (κ2) is 6.01. The Hall–Kier alpha value is -0.530. The van der Waals surface area contributed by atoms with E-state index in [2.05, 4.69) is 0 Å². The molecule has 3 nitrogen and oxygen atoms in total. The lowest BCUT2D eigenvalue weighted by molar-refractivity contribution is -0.128. The molecule has 0 radical (unpaired) electrons. The second-order valence-electron chi connectivity index (χ2n) is 2.65. The van der Waals surface area contributed by atoms with Crippen LogP contribution in [0, 0.1) is 11.3 Å². The van der Waals surface area contributed by atoms with Gasteiger partial charge < -0.3 is 4.90 Å². The average molecular weight is 229 g/mol. The first-order valence-electron chi connectivity index (χ1n) is 3.46. The number of hydrogen-bond donors (Lipinski definition) is 0. The minimum atomic E-state index is -1.02. The topological polar surface area (TPSA) is 44.1 Å². The minimum absolute atomic E-state index is 0. The average Bonchev–Trinajstić information content (AvgIpc) is 2.30. The number of amides is 1. The molecule has 0 aliphatic carbocycles. The maximum atomic E-state index is 12.6. The number of carbonyl (C=O) groups is 1. The van der Waals surface area contributed by atoms with Gasteiger partial charge in [0.2, 0.25) is 5.91 Å². The van der Waals surface area contributed by atoms with E-state index in [-0.39, 0.29) is 43.7 Å². The normalized spacial score (nSPS) is 25.5. The minimum Gasteiger partial charge on any atom is -0.324 e. The smallest absolute Gasteiger partial charge is 0.220 e. The van der Waals surface area contributed by atoms with E-state index in [1.54, 1.807) is 0 Å². The molecule has 0 aromatic rings. The third kappa shape index (κ3) is 3.37. The Labute approximate surface area is 88.7 Å². The zero-order valence-corrected chi connectivity index (χ0v) is 8.70. The van der Waals surface area contributed by atoms with E-state index in [0.29, 0.717) is 0 Å². The molecule has 2 unspecified atom stereocenters. The summed E-state index contributed by atoms with van der Waals surface area (Å²) in [6.45, 7) is 1.43. The van der Waals surface area contributed by atoms with E-state index in [9.17, 15) is 9.18 Å². The van der Waals surface area contributed by atoms with Gasteiger partial charge in [0, 0.05) is 13.3 Å². The molecule has 1 rings (SSSR count). The Balaban J connectivity index is 0. The molecule has 0 aromatic heterocycles. The number of nitrogens with zero attached hydrogens (tertiary/aromatic N) is 2. The van der Waals surface area contributed by atoms with Crippen molar-refractivity contribution in [3.8, 4) is 6.07 Å². The molecule has 0 aromatic carbocycles. The van der Waals surface area contributed by atoms with E-state index >= 15 is 0 Å². The molecule has 13 heavy (non-hydrogen) atoms. The number of rotatable bonds is 0. The highest BCUT2D eigenvalue weighted by molar-refractivity contribution is 5.85. The van der Waals surface area contributed by atoms with Crippen molar-refractivity contribution in [1.82, 2.24) is 4.90 Å². The first-order valence-corrected chi connectivity index (χ1v) is 3.46. The molecular weight excluding hydrogens is 218 g/mol. The highest BCUT2D eigenvalue weighted by Crippen LogP contribution is 2.19. The van der Waals surface area contributed by atoms with Crippen LogP contribution in [0.2, 0.25) is 0 Å². The molecule has 0 spiro atoms. The molecule has 1 amide bonds. The van der Waals surface area contributed by atoms with E-state index in [0.717, 1.165) is 0 Å². The number of carbonyl (C=O) groups excluding carboxylic acids is 1. The zero-order valence-electron chi connectivity index (χ0n) is 7.07. The van der Waals surface area contributed by atoms with Gasteiger partial charge in [-0.25, -0.2) is 4.39 Å². The fourth-order valence-corrected chi connectivity index (χ4v) is 1.26. The van der Waals surface area contributed by atoms with Crippen LogP contribution in [0.15, 0.2) is 0 Å². The first-order chi connectivity index (χ1) is 5.15. The van der Waals surface area contributed by atoms with Gasteiger partial charge in [-0.05, 0) is 0 Å². The summed E-state index contributed by atoms with van der Waals surface area (Å²) >= 11 is 0.